The van der Waals surface area contributed by atoms with Crippen LogP contribution in [0.3, 0.4) is 0 Å². The Bertz CT molecular complexity index is 433. The van der Waals surface area contributed by atoms with Crippen LogP contribution in [0.4, 0.5) is 0 Å². The topological polar surface area (TPSA) is 57.2 Å². The molecule has 0 saturated carbocycles. The van der Waals surface area contributed by atoms with Crippen LogP contribution in [0.15, 0.2) is 23.1 Å². The molecule has 0 N–H and O–H groups in total. The number of aryl methyl sites for hydroxylation is 1. The molecule has 0 unspecified atom stereocenters. The zero-order valence-electron chi connectivity index (χ0n) is 8.44. The third-order valence-electron chi connectivity index (χ3n) is 2.16. The molecule has 0 amide bonds. The second-order valence-electron chi connectivity index (χ2n) is 3.63. The van der Waals surface area contributed by atoms with Crippen molar-refractivity contribution in [3.05, 3.63) is 29.3 Å². The molecule has 0 atom stereocenters. The fourth-order valence-electron chi connectivity index (χ4n) is 1.40. The number of hydrogen-bond acceptors (Lipinski definition) is 3. The number of hydrogen-bond donors (Lipinski definition) is 0. The monoisotopic (exact) mass is 213 g/mol. The predicted molar refractivity (Wildman–Crippen MR) is 53.2 cm³/mol. The van der Waals surface area contributed by atoms with E-state index in [0.717, 1.165) is 11.1 Å². The van der Waals surface area contributed by atoms with E-state index < -0.39 is 10.1 Å². The van der Waals surface area contributed by atoms with Gasteiger partial charge >= 0.3 is 0 Å². The van der Waals surface area contributed by atoms with E-state index in [9.17, 15) is 13.0 Å². The average Bonchev–Trinajstić information content (AvgIpc) is 2.02. The van der Waals surface area contributed by atoms with Crippen molar-refractivity contribution < 1.29 is 13.0 Å². The van der Waals surface area contributed by atoms with Crippen molar-refractivity contribution in [1.29, 1.82) is 0 Å². The minimum absolute atomic E-state index is 0.146. The van der Waals surface area contributed by atoms with Gasteiger partial charge in [-0.3, -0.25) is 0 Å². The summed E-state index contributed by atoms with van der Waals surface area (Å²) in [5.74, 6) is 0.219. The molecule has 0 radical (unpaired) electrons. The summed E-state index contributed by atoms with van der Waals surface area (Å²) in [5.41, 5.74) is 1.91. The summed E-state index contributed by atoms with van der Waals surface area (Å²) in [6, 6.07) is 4.48. The molecular weight excluding hydrogens is 200 g/mol. The lowest BCUT2D eigenvalue weighted by Crippen LogP contribution is -2.01. The normalized spacial score (nSPS) is 12.1. The van der Waals surface area contributed by atoms with Gasteiger partial charge in [-0.05, 0) is 36.1 Å². The van der Waals surface area contributed by atoms with Crippen molar-refractivity contribution in [1.82, 2.24) is 0 Å². The van der Waals surface area contributed by atoms with Gasteiger partial charge in [0.1, 0.15) is 10.1 Å². The first-order valence-corrected chi connectivity index (χ1v) is 5.79. The standard InChI is InChI=1S/C10H14O3S/c1-7(2)10-6-9(14(11,12)13)5-4-8(10)3/h4-7H,1-3H3,(H,11,12,13)/p-1. The second kappa shape index (κ2) is 3.71. The molecular formula is C10H13O3S-. The Morgan fingerprint density at radius 1 is 1.29 bits per heavy atom. The molecule has 0 bridgehead atoms. The molecule has 0 saturated heterocycles. The summed E-state index contributed by atoms with van der Waals surface area (Å²) in [7, 11) is -4.33. The summed E-state index contributed by atoms with van der Waals surface area (Å²) in [5, 5.41) is 0. The first-order valence-electron chi connectivity index (χ1n) is 4.39. The summed E-state index contributed by atoms with van der Waals surface area (Å²) >= 11 is 0. The van der Waals surface area contributed by atoms with Crippen molar-refractivity contribution in [2.45, 2.75) is 31.6 Å². The number of benzene rings is 1. The highest BCUT2D eigenvalue weighted by atomic mass is 32.2. The highest BCUT2D eigenvalue weighted by molar-refractivity contribution is 7.85. The molecule has 4 heteroatoms. The molecule has 3 nitrogen and oxygen atoms in total. The van der Waals surface area contributed by atoms with Crippen LogP contribution >= 0.6 is 0 Å². The maximum Gasteiger partial charge on any atom is 0.124 e. The van der Waals surface area contributed by atoms with Crippen LogP contribution < -0.4 is 0 Å². The summed E-state index contributed by atoms with van der Waals surface area (Å²) in [4.78, 5) is -0.146. The SMILES string of the molecule is Cc1ccc(S(=O)(=O)[O-])cc1C(C)C. The van der Waals surface area contributed by atoms with Crippen LogP contribution in [0.25, 0.3) is 0 Å². The molecule has 0 fully saturated rings. The van der Waals surface area contributed by atoms with Crippen molar-refractivity contribution in [3.8, 4) is 0 Å². The van der Waals surface area contributed by atoms with Gasteiger partial charge in [0, 0.05) is 0 Å². The average molecular weight is 213 g/mol. The van der Waals surface area contributed by atoms with Gasteiger partial charge in [-0.25, -0.2) is 8.42 Å². The van der Waals surface area contributed by atoms with Gasteiger partial charge < -0.3 is 4.55 Å². The van der Waals surface area contributed by atoms with Crippen LogP contribution in [0.5, 0.6) is 0 Å². The van der Waals surface area contributed by atoms with Crippen LogP contribution in [0.1, 0.15) is 30.9 Å². The van der Waals surface area contributed by atoms with E-state index in [2.05, 4.69) is 0 Å². The van der Waals surface area contributed by atoms with Gasteiger partial charge in [-0.15, -0.1) is 0 Å². The van der Waals surface area contributed by atoms with Crippen LogP contribution in [-0.4, -0.2) is 13.0 Å². The zero-order chi connectivity index (χ0) is 10.9. The van der Waals surface area contributed by atoms with Crippen molar-refractivity contribution in [2.75, 3.05) is 0 Å². The Labute approximate surface area is 84.5 Å². The van der Waals surface area contributed by atoms with Gasteiger partial charge in [0.05, 0.1) is 4.90 Å². The van der Waals surface area contributed by atoms with Gasteiger partial charge in [0.25, 0.3) is 0 Å². The number of rotatable bonds is 2. The summed E-state index contributed by atoms with van der Waals surface area (Å²) in [6.07, 6.45) is 0. The highest BCUT2D eigenvalue weighted by Gasteiger charge is 2.07. The second-order valence-corrected chi connectivity index (χ2v) is 5.01. The molecule has 78 valence electrons. The van der Waals surface area contributed by atoms with Crippen molar-refractivity contribution in [3.63, 3.8) is 0 Å². The van der Waals surface area contributed by atoms with E-state index >= 15 is 0 Å². The van der Waals surface area contributed by atoms with Gasteiger partial charge in [0.15, 0.2) is 0 Å². The van der Waals surface area contributed by atoms with E-state index in [1.54, 1.807) is 6.07 Å². The summed E-state index contributed by atoms with van der Waals surface area (Å²) in [6.45, 7) is 5.82. The Hall–Kier alpha value is -0.870. The van der Waals surface area contributed by atoms with Crippen molar-refractivity contribution in [2.24, 2.45) is 0 Å². The Morgan fingerprint density at radius 2 is 1.86 bits per heavy atom. The van der Waals surface area contributed by atoms with Crippen LogP contribution in [0.2, 0.25) is 0 Å². The van der Waals surface area contributed by atoms with Crippen LogP contribution in [-0.2, 0) is 10.1 Å². The summed E-state index contributed by atoms with van der Waals surface area (Å²) < 4.78 is 32.3. The Morgan fingerprint density at radius 3 is 2.29 bits per heavy atom. The van der Waals surface area contributed by atoms with E-state index in [-0.39, 0.29) is 10.8 Å². The molecule has 14 heavy (non-hydrogen) atoms. The zero-order valence-corrected chi connectivity index (χ0v) is 9.26. The fraction of sp³-hybridized carbons (Fsp3) is 0.400. The van der Waals surface area contributed by atoms with Gasteiger partial charge in [0.2, 0.25) is 0 Å². The molecule has 0 aliphatic rings. The van der Waals surface area contributed by atoms with Gasteiger partial charge in [-0.2, -0.15) is 0 Å². The fourth-order valence-corrected chi connectivity index (χ4v) is 1.90. The smallest absolute Gasteiger partial charge is 0.124 e. The molecule has 0 aromatic heterocycles. The molecule has 1 aromatic rings. The molecule has 0 spiro atoms. The minimum atomic E-state index is -4.33. The Balaban J connectivity index is 3.34. The molecule has 1 rings (SSSR count). The first-order chi connectivity index (χ1) is 6.32. The maximum atomic E-state index is 10.8. The lowest BCUT2D eigenvalue weighted by atomic mass is 9.98. The lowest BCUT2D eigenvalue weighted by molar-refractivity contribution is 0.463. The largest absolute Gasteiger partial charge is 0.744 e. The molecule has 0 aliphatic heterocycles. The predicted octanol–water partition coefficient (Wildman–Crippen LogP) is 2.02. The van der Waals surface area contributed by atoms with E-state index in [0.29, 0.717) is 0 Å². The molecule has 0 aliphatic carbocycles. The quantitative estimate of drug-likeness (QED) is 0.706. The van der Waals surface area contributed by atoms with E-state index in [1.165, 1.54) is 12.1 Å². The first kappa shape index (κ1) is 11.2. The maximum absolute atomic E-state index is 10.8. The minimum Gasteiger partial charge on any atom is -0.744 e. The van der Waals surface area contributed by atoms with Crippen LogP contribution in [0, 0.1) is 6.92 Å². The third kappa shape index (κ3) is 2.33. The third-order valence-corrected chi connectivity index (χ3v) is 2.99. The molecule has 1 aromatic carbocycles. The highest BCUT2D eigenvalue weighted by Crippen LogP contribution is 2.22. The lowest BCUT2D eigenvalue weighted by Gasteiger charge is -2.13. The van der Waals surface area contributed by atoms with Gasteiger partial charge in [-0.1, -0.05) is 19.9 Å². The molecule has 0 heterocycles. The Kier molecular flexibility index (Phi) is 2.97. The van der Waals surface area contributed by atoms with E-state index in [1.807, 2.05) is 20.8 Å². The van der Waals surface area contributed by atoms with E-state index in [4.69, 9.17) is 0 Å². The van der Waals surface area contributed by atoms with Crippen molar-refractivity contribution >= 4 is 10.1 Å².